The zero-order valence-electron chi connectivity index (χ0n) is 17.8. The predicted octanol–water partition coefficient (Wildman–Crippen LogP) is 1.29. The van der Waals surface area contributed by atoms with Crippen LogP contribution in [-0.2, 0) is 4.74 Å². The Morgan fingerprint density at radius 1 is 1.07 bits per heavy atom. The molecule has 0 radical (unpaired) electrons. The highest BCUT2D eigenvalue weighted by molar-refractivity contribution is 5.96. The van der Waals surface area contributed by atoms with E-state index in [9.17, 15) is 9.59 Å². The van der Waals surface area contributed by atoms with Crippen molar-refractivity contribution in [3.63, 3.8) is 0 Å². The van der Waals surface area contributed by atoms with Gasteiger partial charge in [-0.1, -0.05) is 12.1 Å². The van der Waals surface area contributed by atoms with E-state index in [1.807, 2.05) is 6.92 Å². The average Bonchev–Trinajstić information content (AvgIpc) is 2.74. The van der Waals surface area contributed by atoms with Crippen molar-refractivity contribution in [3.05, 3.63) is 29.8 Å². The van der Waals surface area contributed by atoms with E-state index in [4.69, 9.17) is 4.74 Å². The lowest BCUT2D eigenvalue weighted by molar-refractivity contribution is 0.0492. The molecular weight excluding hydrogens is 384 g/mol. The molecule has 0 bridgehead atoms. The number of hydrogen-bond donors (Lipinski definition) is 3. The number of rotatable bonds is 5. The van der Waals surface area contributed by atoms with Crippen LogP contribution in [-0.4, -0.2) is 80.6 Å². The van der Waals surface area contributed by atoms with Crippen LogP contribution in [0.3, 0.4) is 0 Å². The molecule has 30 heavy (non-hydrogen) atoms. The highest BCUT2D eigenvalue weighted by Gasteiger charge is 2.37. The first-order valence-corrected chi connectivity index (χ1v) is 10.8. The molecule has 0 aliphatic carbocycles. The van der Waals surface area contributed by atoms with Gasteiger partial charge in [-0.3, -0.25) is 5.32 Å². The lowest BCUT2D eigenvalue weighted by atomic mass is 10.1. The fourth-order valence-electron chi connectivity index (χ4n) is 4.27. The fraction of sp³-hybridized carbons (Fsp3) is 0.619. The Morgan fingerprint density at radius 2 is 1.73 bits per heavy atom. The second-order valence-corrected chi connectivity index (χ2v) is 8.32. The molecule has 0 spiro atoms. The molecule has 3 saturated heterocycles. The van der Waals surface area contributed by atoms with Gasteiger partial charge in [0, 0.05) is 57.2 Å². The van der Waals surface area contributed by atoms with Crippen molar-refractivity contribution in [2.24, 2.45) is 0 Å². The number of nitrogens with one attached hydrogen (secondary N) is 3. The van der Waals surface area contributed by atoms with E-state index in [1.54, 1.807) is 0 Å². The largest absolute Gasteiger partial charge is 0.381 e. The molecule has 3 aliphatic heterocycles. The van der Waals surface area contributed by atoms with E-state index < -0.39 is 6.29 Å². The van der Waals surface area contributed by atoms with E-state index in [-0.39, 0.29) is 24.1 Å². The monoisotopic (exact) mass is 416 g/mol. The SMILES string of the molecule is C[C@H](NC1NC(=O)N(C2CCOCC2)C(=O)N1)c1cccc(N2CCN(C)CC2)c1. The summed E-state index contributed by atoms with van der Waals surface area (Å²) in [5, 5.41) is 9.04. The van der Waals surface area contributed by atoms with E-state index in [0.717, 1.165) is 31.7 Å². The lowest BCUT2D eigenvalue weighted by Crippen LogP contribution is -2.70. The maximum atomic E-state index is 12.6. The number of amides is 4. The molecule has 1 atom stereocenters. The molecule has 4 amide bonds. The maximum absolute atomic E-state index is 12.6. The summed E-state index contributed by atoms with van der Waals surface area (Å²) in [7, 11) is 2.15. The molecule has 1 aromatic rings. The minimum Gasteiger partial charge on any atom is -0.381 e. The van der Waals surface area contributed by atoms with Gasteiger partial charge < -0.3 is 25.2 Å². The number of imide groups is 1. The normalized spacial score (nSPS) is 23.3. The second kappa shape index (κ2) is 9.20. The summed E-state index contributed by atoms with van der Waals surface area (Å²) in [6.45, 7) is 7.32. The second-order valence-electron chi connectivity index (χ2n) is 8.32. The molecule has 3 aliphatic rings. The number of carbonyl (C=O) groups excluding carboxylic acids is 2. The Bertz CT molecular complexity index is 743. The average molecular weight is 417 g/mol. The van der Waals surface area contributed by atoms with Gasteiger partial charge in [-0.25, -0.2) is 14.5 Å². The van der Waals surface area contributed by atoms with Gasteiger partial charge in [0.1, 0.15) is 0 Å². The number of benzene rings is 1. The van der Waals surface area contributed by atoms with Crippen molar-refractivity contribution in [1.29, 1.82) is 0 Å². The number of urea groups is 2. The van der Waals surface area contributed by atoms with Crippen LogP contribution in [0.4, 0.5) is 15.3 Å². The molecule has 9 nitrogen and oxygen atoms in total. The fourth-order valence-corrected chi connectivity index (χ4v) is 4.27. The van der Waals surface area contributed by atoms with Gasteiger partial charge >= 0.3 is 12.1 Å². The molecule has 4 rings (SSSR count). The number of piperazine rings is 1. The van der Waals surface area contributed by atoms with Gasteiger partial charge in [0.2, 0.25) is 0 Å². The molecule has 1 aromatic carbocycles. The van der Waals surface area contributed by atoms with Crippen LogP contribution in [0.15, 0.2) is 24.3 Å². The van der Waals surface area contributed by atoms with Crippen molar-refractivity contribution in [2.75, 3.05) is 51.3 Å². The smallest absolute Gasteiger partial charge is 0.328 e. The van der Waals surface area contributed by atoms with E-state index in [1.165, 1.54) is 10.6 Å². The van der Waals surface area contributed by atoms with Crippen LogP contribution in [0.25, 0.3) is 0 Å². The highest BCUT2D eigenvalue weighted by atomic mass is 16.5. The van der Waals surface area contributed by atoms with Gasteiger partial charge in [0.15, 0.2) is 6.29 Å². The van der Waals surface area contributed by atoms with Crippen molar-refractivity contribution < 1.29 is 14.3 Å². The van der Waals surface area contributed by atoms with Crippen LogP contribution in [0.2, 0.25) is 0 Å². The molecular formula is C21H32N6O3. The first kappa shape index (κ1) is 20.9. The number of likely N-dealkylation sites (N-methyl/N-ethyl adjacent to an activating group) is 1. The Labute approximate surface area is 177 Å². The topological polar surface area (TPSA) is 89.2 Å². The van der Waals surface area contributed by atoms with Crippen LogP contribution >= 0.6 is 0 Å². The summed E-state index contributed by atoms with van der Waals surface area (Å²) < 4.78 is 5.33. The number of anilines is 1. The zero-order chi connectivity index (χ0) is 21.1. The summed E-state index contributed by atoms with van der Waals surface area (Å²) in [5.74, 6) is 0. The Kier molecular flexibility index (Phi) is 6.40. The van der Waals surface area contributed by atoms with Crippen LogP contribution in [0, 0.1) is 0 Å². The molecule has 164 valence electrons. The summed E-state index contributed by atoms with van der Waals surface area (Å²) >= 11 is 0. The summed E-state index contributed by atoms with van der Waals surface area (Å²) in [4.78, 5) is 31.2. The van der Waals surface area contributed by atoms with Crippen molar-refractivity contribution >= 4 is 17.7 Å². The first-order chi connectivity index (χ1) is 14.5. The molecule has 9 heteroatoms. The van der Waals surface area contributed by atoms with E-state index in [2.05, 4.69) is 57.1 Å². The third kappa shape index (κ3) is 4.69. The summed E-state index contributed by atoms with van der Waals surface area (Å²) in [6.07, 6.45) is 0.742. The summed E-state index contributed by atoms with van der Waals surface area (Å²) in [6, 6.07) is 7.57. The third-order valence-corrected chi connectivity index (χ3v) is 6.18. The summed E-state index contributed by atoms with van der Waals surface area (Å²) in [5.41, 5.74) is 2.32. The predicted molar refractivity (Wildman–Crippen MR) is 114 cm³/mol. The molecule has 0 aromatic heterocycles. The molecule has 3 heterocycles. The maximum Gasteiger partial charge on any atom is 0.328 e. The standard InChI is InChI=1S/C21H32N6O3/c1-15(16-4-3-5-18(14-16)26-10-8-25(2)9-11-26)22-19-23-20(28)27(21(29)24-19)17-6-12-30-13-7-17/h3-5,14-15,17,19,22H,6-13H2,1-2H3,(H,23,28)(H,24,29)/t15-/m0/s1. The van der Waals surface area contributed by atoms with Gasteiger partial charge in [-0.15, -0.1) is 0 Å². The minimum atomic E-state index is -0.608. The van der Waals surface area contributed by atoms with Gasteiger partial charge in [-0.2, -0.15) is 0 Å². The van der Waals surface area contributed by atoms with Crippen LogP contribution < -0.4 is 20.9 Å². The van der Waals surface area contributed by atoms with Gasteiger partial charge in [-0.05, 0) is 44.5 Å². The Hall–Kier alpha value is -2.36. The Balaban J connectivity index is 1.36. The molecule has 3 N–H and O–H groups in total. The zero-order valence-corrected chi connectivity index (χ0v) is 17.8. The minimum absolute atomic E-state index is 0.0438. The molecule has 0 saturated carbocycles. The van der Waals surface area contributed by atoms with Crippen molar-refractivity contribution in [1.82, 2.24) is 25.8 Å². The number of nitrogens with zero attached hydrogens (tertiary/aromatic N) is 3. The highest BCUT2D eigenvalue weighted by Crippen LogP contribution is 2.22. The van der Waals surface area contributed by atoms with Gasteiger partial charge in [0.25, 0.3) is 0 Å². The quantitative estimate of drug-likeness (QED) is 0.670. The van der Waals surface area contributed by atoms with E-state index in [0.29, 0.717) is 26.1 Å². The molecule has 0 unspecified atom stereocenters. The van der Waals surface area contributed by atoms with Crippen molar-refractivity contribution in [3.8, 4) is 0 Å². The van der Waals surface area contributed by atoms with Crippen LogP contribution in [0.1, 0.15) is 31.4 Å². The number of carbonyl (C=O) groups is 2. The van der Waals surface area contributed by atoms with Crippen LogP contribution in [0.5, 0.6) is 0 Å². The van der Waals surface area contributed by atoms with Crippen molar-refractivity contribution in [2.45, 2.75) is 38.1 Å². The first-order valence-electron chi connectivity index (χ1n) is 10.8. The van der Waals surface area contributed by atoms with Gasteiger partial charge in [0.05, 0.1) is 0 Å². The number of ether oxygens (including phenoxy) is 1. The lowest BCUT2D eigenvalue weighted by Gasteiger charge is -2.39. The molecule has 3 fully saturated rings. The third-order valence-electron chi connectivity index (χ3n) is 6.18. The number of hydrogen-bond acceptors (Lipinski definition) is 6. The Morgan fingerprint density at radius 3 is 2.40 bits per heavy atom. The van der Waals surface area contributed by atoms with E-state index >= 15 is 0 Å².